The molecule has 0 spiro atoms. The van der Waals surface area contributed by atoms with Crippen molar-refractivity contribution in [2.24, 2.45) is 5.73 Å². The van der Waals surface area contributed by atoms with Gasteiger partial charge in [0.2, 0.25) is 5.75 Å². The van der Waals surface area contributed by atoms with Crippen molar-refractivity contribution < 1.29 is 23.7 Å². The number of esters is 1. The van der Waals surface area contributed by atoms with E-state index in [9.17, 15) is 4.79 Å². The minimum absolute atomic E-state index is 0.106. The van der Waals surface area contributed by atoms with Gasteiger partial charge in [-0.2, -0.15) is 0 Å². The van der Waals surface area contributed by atoms with Crippen LogP contribution in [0.2, 0.25) is 0 Å². The highest BCUT2D eigenvalue weighted by molar-refractivity contribution is 5.86. The predicted molar refractivity (Wildman–Crippen MR) is 77.0 cm³/mol. The number of carbonyl (C=O) groups excluding carboxylic acids is 1. The lowest BCUT2D eigenvalue weighted by atomic mass is 10.1. The zero-order chi connectivity index (χ0) is 15.6. The van der Waals surface area contributed by atoms with Gasteiger partial charge >= 0.3 is 5.97 Å². The lowest BCUT2D eigenvalue weighted by molar-refractivity contribution is -0.146. The highest BCUT2D eigenvalue weighted by Gasteiger charge is 2.59. The fraction of sp³-hybridized carbons (Fsp3) is 0.533. The SMILES string of the molecule is CCOC(=O)C1(N)CC1c1cc(OC)c(OC)c(OC)c1. The van der Waals surface area contributed by atoms with Gasteiger partial charge in [-0.15, -0.1) is 0 Å². The Bertz CT molecular complexity index is 520. The Hall–Kier alpha value is -1.95. The van der Waals surface area contributed by atoms with E-state index in [1.807, 2.05) is 12.1 Å². The van der Waals surface area contributed by atoms with Gasteiger partial charge < -0.3 is 24.7 Å². The van der Waals surface area contributed by atoms with Crippen LogP contribution in [0.3, 0.4) is 0 Å². The Morgan fingerprint density at radius 3 is 2.24 bits per heavy atom. The lowest BCUT2D eigenvalue weighted by Gasteiger charge is -2.15. The maximum absolute atomic E-state index is 11.9. The summed E-state index contributed by atoms with van der Waals surface area (Å²) in [5.74, 6) is 1.13. The van der Waals surface area contributed by atoms with E-state index in [4.69, 9.17) is 24.7 Å². The molecule has 21 heavy (non-hydrogen) atoms. The van der Waals surface area contributed by atoms with Crippen LogP contribution in [-0.4, -0.2) is 39.4 Å². The minimum atomic E-state index is -0.958. The zero-order valence-corrected chi connectivity index (χ0v) is 12.8. The number of benzene rings is 1. The van der Waals surface area contributed by atoms with Gasteiger partial charge in [0.05, 0.1) is 27.9 Å². The van der Waals surface area contributed by atoms with Crippen LogP contribution in [0.25, 0.3) is 0 Å². The molecular formula is C15H21NO5. The molecule has 0 saturated heterocycles. The van der Waals surface area contributed by atoms with Crippen molar-refractivity contribution in [1.29, 1.82) is 0 Å². The molecule has 0 radical (unpaired) electrons. The molecule has 0 amide bonds. The number of rotatable bonds is 6. The Morgan fingerprint density at radius 2 is 1.81 bits per heavy atom. The van der Waals surface area contributed by atoms with Crippen molar-refractivity contribution in [3.05, 3.63) is 17.7 Å². The van der Waals surface area contributed by atoms with Gasteiger partial charge in [0.25, 0.3) is 0 Å². The van der Waals surface area contributed by atoms with Crippen LogP contribution in [0.4, 0.5) is 0 Å². The number of ether oxygens (including phenoxy) is 4. The van der Waals surface area contributed by atoms with Gasteiger partial charge in [-0.1, -0.05) is 0 Å². The Labute approximate surface area is 124 Å². The van der Waals surface area contributed by atoms with Gasteiger partial charge in [-0.25, -0.2) is 0 Å². The van der Waals surface area contributed by atoms with Crippen LogP contribution in [0.15, 0.2) is 12.1 Å². The highest BCUT2D eigenvalue weighted by atomic mass is 16.5. The van der Waals surface area contributed by atoms with Crippen LogP contribution >= 0.6 is 0 Å². The molecule has 1 fully saturated rings. The number of hydrogen-bond acceptors (Lipinski definition) is 6. The summed E-state index contributed by atoms with van der Waals surface area (Å²) in [5, 5.41) is 0. The molecule has 2 unspecified atom stereocenters. The van der Waals surface area contributed by atoms with E-state index in [1.54, 1.807) is 28.3 Å². The summed E-state index contributed by atoms with van der Waals surface area (Å²) in [6, 6.07) is 3.64. The minimum Gasteiger partial charge on any atom is -0.493 e. The van der Waals surface area contributed by atoms with Crippen molar-refractivity contribution in [2.75, 3.05) is 27.9 Å². The van der Waals surface area contributed by atoms with Crippen molar-refractivity contribution >= 4 is 5.97 Å². The first kappa shape index (κ1) is 15.4. The molecule has 6 heteroatoms. The average molecular weight is 295 g/mol. The van der Waals surface area contributed by atoms with Crippen LogP contribution in [-0.2, 0) is 9.53 Å². The van der Waals surface area contributed by atoms with Crippen molar-refractivity contribution in [2.45, 2.75) is 24.8 Å². The molecule has 1 aliphatic rings. The van der Waals surface area contributed by atoms with Crippen molar-refractivity contribution in [1.82, 2.24) is 0 Å². The Balaban J connectivity index is 2.32. The quantitative estimate of drug-likeness (QED) is 0.800. The smallest absolute Gasteiger partial charge is 0.326 e. The van der Waals surface area contributed by atoms with E-state index in [0.29, 0.717) is 30.3 Å². The summed E-state index contributed by atoms with van der Waals surface area (Å²) in [4.78, 5) is 11.9. The second-order valence-corrected chi connectivity index (χ2v) is 4.98. The second kappa shape index (κ2) is 5.81. The molecule has 0 bridgehead atoms. The molecule has 0 aliphatic heterocycles. The summed E-state index contributed by atoms with van der Waals surface area (Å²) in [5.41, 5.74) is 6.04. The topological polar surface area (TPSA) is 80.0 Å². The molecule has 2 N–H and O–H groups in total. The number of hydrogen-bond donors (Lipinski definition) is 1. The average Bonchev–Trinajstić information content (AvgIpc) is 3.19. The number of methoxy groups -OCH3 is 3. The first-order chi connectivity index (χ1) is 10.0. The van der Waals surface area contributed by atoms with Gasteiger partial charge in [-0.05, 0) is 31.0 Å². The molecular weight excluding hydrogens is 274 g/mol. The largest absolute Gasteiger partial charge is 0.493 e. The van der Waals surface area contributed by atoms with E-state index in [2.05, 4.69) is 0 Å². The molecule has 1 saturated carbocycles. The monoisotopic (exact) mass is 295 g/mol. The standard InChI is InChI=1S/C15H21NO5/c1-5-21-14(17)15(16)8-10(15)9-6-11(18-2)13(20-4)12(7-9)19-3/h6-7,10H,5,8,16H2,1-4H3. The summed E-state index contributed by atoms with van der Waals surface area (Å²) in [6.07, 6.45) is 0.546. The third kappa shape index (κ3) is 2.63. The van der Waals surface area contributed by atoms with E-state index >= 15 is 0 Å². The molecule has 2 rings (SSSR count). The maximum atomic E-state index is 11.9. The number of nitrogens with two attached hydrogens (primary N) is 1. The van der Waals surface area contributed by atoms with Crippen molar-refractivity contribution in [3.8, 4) is 17.2 Å². The van der Waals surface area contributed by atoms with Crippen LogP contribution in [0.5, 0.6) is 17.2 Å². The summed E-state index contributed by atoms with van der Waals surface area (Å²) >= 11 is 0. The van der Waals surface area contributed by atoms with Crippen molar-refractivity contribution in [3.63, 3.8) is 0 Å². The molecule has 1 aromatic carbocycles. The molecule has 0 aromatic heterocycles. The second-order valence-electron chi connectivity index (χ2n) is 4.98. The van der Waals surface area contributed by atoms with Crippen LogP contribution < -0.4 is 19.9 Å². The molecule has 1 aliphatic carbocycles. The third-order valence-electron chi connectivity index (χ3n) is 3.75. The highest BCUT2D eigenvalue weighted by Crippen LogP contribution is 2.53. The number of carbonyl (C=O) groups is 1. The van der Waals surface area contributed by atoms with E-state index in [1.165, 1.54) is 0 Å². The normalized spacial score (nSPS) is 23.4. The first-order valence-corrected chi connectivity index (χ1v) is 6.77. The zero-order valence-electron chi connectivity index (χ0n) is 12.8. The molecule has 0 heterocycles. The maximum Gasteiger partial charge on any atom is 0.326 e. The summed E-state index contributed by atoms with van der Waals surface area (Å²) < 4.78 is 20.9. The van der Waals surface area contributed by atoms with Gasteiger partial charge in [0.1, 0.15) is 5.54 Å². The van der Waals surface area contributed by atoms with E-state index in [0.717, 1.165) is 5.56 Å². The van der Waals surface area contributed by atoms with Gasteiger partial charge in [-0.3, -0.25) is 4.79 Å². The third-order valence-corrected chi connectivity index (χ3v) is 3.75. The fourth-order valence-electron chi connectivity index (χ4n) is 2.49. The molecule has 6 nitrogen and oxygen atoms in total. The van der Waals surface area contributed by atoms with E-state index < -0.39 is 5.54 Å². The molecule has 116 valence electrons. The van der Waals surface area contributed by atoms with E-state index in [-0.39, 0.29) is 11.9 Å². The van der Waals surface area contributed by atoms with Crippen LogP contribution in [0, 0.1) is 0 Å². The first-order valence-electron chi connectivity index (χ1n) is 6.77. The molecule has 2 atom stereocenters. The summed E-state index contributed by atoms with van der Waals surface area (Å²) in [7, 11) is 4.65. The van der Waals surface area contributed by atoms with Gasteiger partial charge in [0, 0.05) is 5.92 Å². The Morgan fingerprint density at radius 1 is 1.24 bits per heavy atom. The van der Waals surface area contributed by atoms with Crippen LogP contribution in [0.1, 0.15) is 24.8 Å². The summed E-state index contributed by atoms with van der Waals surface area (Å²) in [6.45, 7) is 2.08. The predicted octanol–water partition coefficient (Wildman–Crippen LogP) is 1.46. The Kier molecular flexibility index (Phi) is 4.27. The molecule has 1 aromatic rings. The lowest BCUT2D eigenvalue weighted by Crippen LogP contribution is -2.36. The van der Waals surface area contributed by atoms with Gasteiger partial charge in [0.15, 0.2) is 11.5 Å². The fourth-order valence-corrected chi connectivity index (χ4v) is 2.49.